The lowest BCUT2D eigenvalue weighted by Crippen LogP contribution is -2.19. The van der Waals surface area contributed by atoms with Gasteiger partial charge in [0.15, 0.2) is 6.61 Å². The van der Waals surface area contributed by atoms with Crippen molar-refractivity contribution in [1.82, 2.24) is 0 Å². The molecule has 0 saturated carbocycles. The first-order chi connectivity index (χ1) is 6.33. The van der Waals surface area contributed by atoms with Gasteiger partial charge in [0.25, 0.3) is 0 Å². The quantitative estimate of drug-likeness (QED) is 0.482. The molecule has 0 aromatic heterocycles. The molecule has 0 amide bonds. The van der Waals surface area contributed by atoms with Gasteiger partial charge in [0.05, 0.1) is 11.8 Å². The zero-order chi connectivity index (χ0) is 9.26. The molecule has 1 aliphatic heterocycles. The number of rotatable bonds is 0. The van der Waals surface area contributed by atoms with Gasteiger partial charge in [0.1, 0.15) is 5.75 Å². The molecule has 3 heteroatoms. The molecule has 0 fully saturated rings. The van der Waals surface area contributed by atoms with Gasteiger partial charge < -0.3 is 9.84 Å². The molecule has 2 rings (SSSR count). The molecule has 0 radical (unpaired) electrons. The van der Waals surface area contributed by atoms with E-state index in [4.69, 9.17) is 9.84 Å². The first kappa shape index (κ1) is 7.86. The zero-order valence-electron chi connectivity index (χ0n) is 6.86. The molecule has 0 saturated heterocycles. The molecule has 1 N–H and O–H groups in total. The van der Waals surface area contributed by atoms with Gasteiger partial charge in [-0.1, -0.05) is 18.2 Å². The minimum absolute atomic E-state index is 0.00338. The summed E-state index contributed by atoms with van der Waals surface area (Å²) >= 11 is 0. The number of aliphatic hydroxyl groups excluding tert-OH is 1. The topological polar surface area (TPSA) is 46.5 Å². The highest BCUT2D eigenvalue weighted by Crippen LogP contribution is 2.29. The Morgan fingerprint density at radius 3 is 2.92 bits per heavy atom. The van der Waals surface area contributed by atoms with Gasteiger partial charge in [0, 0.05) is 5.56 Å². The van der Waals surface area contributed by atoms with Crippen LogP contribution < -0.4 is 4.74 Å². The Balaban J connectivity index is 2.58. The minimum Gasteiger partial charge on any atom is -0.515 e. The molecule has 1 aromatic carbocycles. The standard InChI is InChI=1S/C10H8O3/c11-5-8-7-3-1-2-4-10(7)13-6-9(8)12/h1-5,11H,6H2. The van der Waals surface area contributed by atoms with E-state index in [0.29, 0.717) is 16.9 Å². The number of ether oxygens (including phenoxy) is 1. The lowest BCUT2D eigenvalue weighted by atomic mass is 10.0. The highest BCUT2D eigenvalue weighted by Gasteiger charge is 2.21. The largest absolute Gasteiger partial charge is 0.515 e. The monoisotopic (exact) mass is 176 g/mol. The van der Waals surface area contributed by atoms with Gasteiger partial charge in [-0.05, 0) is 6.07 Å². The summed E-state index contributed by atoms with van der Waals surface area (Å²) in [6, 6.07) is 7.13. The van der Waals surface area contributed by atoms with Crippen LogP contribution >= 0.6 is 0 Å². The smallest absolute Gasteiger partial charge is 0.204 e. The summed E-state index contributed by atoms with van der Waals surface area (Å²) in [4.78, 5) is 11.2. The van der Waals surface area contributed by atoms with Gasteiger partial charge in [0.2, 0.25) is 5.78 Å². The maximum atomic E-state index is 11.2. The first-order valence-electron chi connectivity index (χ1n) is 3.92. The van der Waals surface area contributed by atoms with Crippen LogP contribution in [0.25, 0.3) is 5.57 Å². The van der Waals surface area contributed by atoms with E-state index >= 15 is 0 Å². The lowest BCUT2D eigenvalue weighted by Gasteiger charge is -2.17. The lowest BCUT2D eigenvalue weighted by molar-refractivity contribution is -0.116. The minimum atomic E-state index is -0.193. The highest BCUT2D eigenvalue weighted by atomic mass is 16.5. The average molecular weight is 176 g/mol. The number of hydrogen-bond acceptors (Lipinski definition) is 3. The Hall–Kier alpha value is -1.77. The van der Waals surface area contributed by atoms with E-state index in [0.717, 1.165) is 6.26 Å². The van der Waals surface area contributed by atoms with E-state index in [1.54, 1.807) is 18.2 Å². The van der Waals surface area contributed by atoms with Crippen LogP contribution in [0.1, 0.15) is 5.56 Å². The van der Waals surface area contributed by atoms with Gasteiger partial charge >= 0.3 is 0 Å². The number of benzene rings is 1. The Labute approximate surface area is 75.3 Å². The summed E-state index contributed by atoms with van der Waals surface area (Å²) in [5, 5.41) is 8.87. The predicted octanol–water partition coefficient (Wildman–Crippen LogP) is 1.55. The van der Waals surface area contributed by atoms with Crippen LogP contribution in [0.5, 0.6) is 5.75 Å². The average Bonchev–Trinajstić information content (AvgIpc) is 2.18. The zero-order valence-corrected chi connectivity index (χ0v) is 6.86. The van der Waals surface area contributed by atoms with Crippen LogP contribution in [-0.2, 0) is 4.79 Å². The molecule has 0 atom stereocenters. The van der Waals surface area contributed by atoms with Gasteiger partial charge in [-0.25, -0.2) is 0 Å². The fourth-order valence-electron chi connectivity index (χ4n) is 1.33. The van der Waals surface area contributed by atoms with E-state index in [1.165, 1.54) is 0 Å². The van der Waals surface area contributed by atoms with Crippen molar-refractivity contribution in [1.29, 1.82) is 0 Å². The van der Waals surface area contributed by atoms with Crippen molar-refractivity contribution in [3.05, 3.63) is 36.1 Å². The summed E-state index contributed by atoms with van der Waals surface area (Å²) in [6.07, 6.45) is 0.837. The molecule has 66 valence electrons. The summed E-state index contributed by atoms with van der Waals surface area (Å²) in [7, 11) is 0. The fraction of sp³-hybridized carbons (Fsp3) is 0.100. The second-order valence-electron chi connectivity index (χ2n) is 2.75. The van der Waals surface area contributed by atoms with Gasteiger partial charge in [-0.15, -0.1) is 0 Å². The number of carbonyl (C=O) groups excluding carboxylic acids is 1. The molecule has 0 spiro atoms. The van der Waals surface area contributed by atoms with Crippen molar-refractivity contribution in [2.75, 3.05) is 6.61 Å². The molecule has 0 bridgehead atoms. The van der Waals surface area contributed by atoms with E-state index in [2.05, 4.69) is 0 Å². The molecule has 0 aliphatic carbocycles. The summed E-state index contributed by atoms with van der Waals surface area (Å²) < 4.78 is 5.17. The summed E-state index contributed by atoms with van der Waals surface area (Å²) in [5.74, 6) is 0.448. The van der Waals surface area contributed by atoms with Crippen LogP contribution in [-0.4, -0.2) is 17.5 Å². The molecule has 3 nitrogen and oxygen atoms in total. The Kier molecular flexibility index (Phi) is 1.77. The van der Waals surface area contributed by atoms with Crippen LogP contribution in [0.2, 0.25) is 0 Å². The second-order valence-corrected chi connectivity index (χ2v) is 2.75. The van der Waals surface area contributed by atoms with Crippen molar-refractivity contribution < 1.29 is 14.6 Å². The molecule has 0 unspecified atom stereocenters. The highest BCUT2D eigenvalue weighted by molar-refractivity contribution is 6.22. The maximum absolute atomic E-state index is 11.2. The van der Waals surface area contributed by atoms with Crippen LogP contribution in [0.4, 0.5) is 0 Å². The second kappa shape index (κ2) is 2.94. The number of hydrogen-bond donors (Lipinski definition) is 1. The molecule has 1 aromatic rings. The van der Waals surface area contributed by atoms with E-state index in [-0.39, 0.29) is 12.4 Å². The normalized spacial score (nSPS) is 18.2. The molecule has 1 heterocycles. The third-order valence-electron chi connectivity index (χ3n) is 1.97. The predicted molar refractivity (Wildman–Crippen MR) is 47.5 cm³/mol. The van der Waals surface area contributed by atoms with Crippen molar-refractivity contribution in [2.45, 2.75) is 0 Å². The van der Waals surface area contributed by atoms with Crippen molar-refractivity contribution in [3.8, 4) is 5.75 Å². The van der Waals surface area contributed by atoms with Crippen molar-refractivity contribution in [3.63, 3.8) is 0 Å². The SMILES string of the molecule is O=C1COc2ccccc2C1=CO. The van der Waals surface area contributed by atoms with E-state index in [1.807, 2.05) is 6.07 Å². The number of Topliss-reactive ketones (excluding diaryl/α,β-unsaturated/α-hetero) is 1. The number of fused-ring (bicyclic) bond motifs is 1. The Bertz CT molecular complexity index is 380. The maximum Gasteiger partial charge on any atom is 0.204 e. The number of carbonyl (C=O) groups is 1. The number of ketones is 1. The van der Waals surface area contributed by atoms with Crippen molar-refractivity contribution >= 4 is 11.4 Å². The van der Waals surface area contributed by atoms with Crippen LogP contribution in [0.15, 0.2) is 30.5 Å². The van der Waals surface area contributed by atoms with Crippen LogP contribution in [0.3, 0.4) is 0 Å². The molecule has 13 heavy (non-hydrogen) atoms. The van der Waals surface area contributed by atoms with Gasteiger partial charge in [-0.3, -0.25) is 4.79 Å². The van der Waals surface area contributed by atoms with Crippen molar-refractivity contribution in [2.24, 2.45) is 0 Å². The molecular weight excluding hydrogens is 168 g/mol. The van der Waals surface area contributed by atoms with Gasteiger partial charge in [-0.2, -0.15) is 0 Å². The van der Waals surface area contributed by atoms with E-state index in [9.17, 15) is 4.79 Å². The third kappa shape index (κ3) is 1.18. The fourth-order valence-corrected chi connectivity index (χ4v) is 1.33. The number of aliphatic hydroxyl groups is 1. The summed E-state index contributed by atoms with van der Waals surface area (Å²) in [6.45, 7) is 0.00338. The third-order valence-corrected chi connectivity index (χ3v) is 1.97. The molecule has 1 aliphatic rings. The molecular formula is C10H8O3. The van der Waals surface area contributed by atoms with Crippen LogP contribution in [0, 0.1) is 0 Å². The Morgan fingerprint density at radius 1 is 1.38 bits per heavy atom. The van der Waals surface area contributed by atoms with E-state index < -0.39 is 0 Å². The number of para-hydroxylation sites is 1. The summed E-state index contributed by atoms with van der Waals surface area (Å²) in [5.41, 5.74) is 0.975. The Morgan fingerprint density at radius 2 is 2.15 bits per heavy atom. The first-order valence-corrected chi connectivity index (χ1v) is 3.92.